The first-order chi connectivity index (χ1) is 10.0. The first kappa shape index (κ1) is 15.3. The zero-order valence-electron chi connectivity index (χ0n) is 11.7. The monoisotopic (exact) mass is 296 g/mol. The summed E-state index contributed by atoms with van der Waals surface area (Å²) >= 11 is 0. The number of hydrogen-bond donors (Lipinski definition) is 4. The van der Waals surface area contributed by atoms with Gasteiger partial charge in [0, 0.05) is 25.3 Å². The second-order valence-corrected chi connectivity index (χ2v) is 5.21. The van der Waals surface area contributed by atoms with E-state index in [1.54, 1.807) is 4.57 Å². The fraction of sp³-hybridized carbons (Fsp3) is 0.615. The summed E-state index contributed by atoms with van der Waals surface area (Å²) in [4.78, 5) is 26.1. The molecule has 1 aromatic rings. The van der Waals surface area contributed by atoms with Crippen LogP contribution in [0.3, 0.4) is 0 Å². The van der Waals surface area contributed by atoms with E-state index in [1.165, 1.54) is 12.5 Å². The summed E-state index contributed by atoms with van der Waals surface area (Å²) in [6.45, 7) is 0.841. The van der Waals surface area contributed by atoms with E-state index in [4.69, 9.17) is 5.11 Å². The highest BCUT2D eigenvalue weighted by Gasteiger charge is 2.20. The lowest BCUT2D eigenvalue weighted by atomic mass is 9.93. The molecule has 2 rings (SSSR count). The molecule has 1 aromatic heterocycles. The van der Waals surface area contributed by atoms with E-state index < -0.39 is 5.97 Å². The number of aromatic nitrogens is 2. The molecule has 8 nitrogen and oxygen atoms in total. The first-order valence-corrected chi connectivity index (χ1v) is 7.02. The summed E-state index contributed by atoms with van der Waals surface area (Å²) in [5.41, 5.74) is -0.0137. The molecule has 1 heterocycles. The molecule has 1 saturated carbocycles. The molecule has 8 heteroatoms. The standard InChI is InChI=1S/C13H20N4O4/c18-10-3-1-9(2-4-10)16-13(21)14-5-6-17-7-11(12(19)20)15-8-17/h7-10,18H,1-6H2,(H,19,20)(H2,14,16,21). The van der Waals surface area contributed by atoms with Crippen molar-refractivity contribution in [2.75, 3.05) is 6.54 Å². The average molecular weight is 296 g/mol. The maximum absolute atomic E-state index is 11.7. The maximum atomic E-state index is 11.7. The number of nitrogens with zero attached hydrogens (tertiary/aromatic N) is 2. The Labute approximate surface area is 122 Å². The highest BCUT2D eigenvalue weighted by Crippen LogP contribution is 2.17. The van der Waals surface area contributed by atoms with Crippen LogP contribution in [0.1, 0.15) is 36.2 Å². The van der Waals surface area contributed by atoms with Crippen molar-refractivity contribution in [1.29, 1.82) is 0 Å². The number of imidazole rings is 1. The number of carboxylic acids is 1. The molecule has 4 N–H and O–H groups in total. The van der Waals surface area contributed by atoms with Gasteiger partial charge in [0.25, 0.3) is 0 Å². The van der Waals surface area contributed by atoms with Gasteiger partial charge in [-0.3, -0.25) is 0 Å². The van der Waals surface area contributed by atoms with Crippen LogP contribution >= 0.6 is 0 Å². The zero-order chi connectivity index (χ0) is 15.2. The number of hydrogen-bond acceptors (Lipinski definition) is 4. The van der Waals surface area contributed by atoms with Gasteiger partial charge in [-0.1, -0.05) is 0 Å². The molecule has 1 aliphatic carbocycles. The minimum atomic E-state index is -1.07. The average Bonchev–Trinajstić information content (AvgIpc) is 2.90. The summed E-state index contributed by atoms with van der Waals surface area (Å²) in [7, 11) is 0. The Kier molecular flexibility index (Phi) is 5.15. The van der Waals surface area contributed by atoms with Gasteiger partial charge in [0.05, 0.1) is 12.4 Å². The van der Waals surface area contributed by atoms with Gasteiger partial charge in [-0.25, -0.2) is 14.6 Å². The van der Waals surface area contributed by atoms with Crippen LogP contribution in [0.15, 0.2) is 12.5 Å². The number of amides is 2. The lowest BCUT2D eigenvalue weighted by Crippen LogP contribution is -2.44. The number of urea groups is 1. The predicted molar refractivity (Wildman–Crippen MR) is 74.0 cm³/mol. The Morgan fingerprint density at radius 3 is 2.67 bits per heavy atom. The Balaban J connectivity index is 1.65. The number of aliphatic hydroxyl groups is 1. The van der Waals surface area contributed by atoms with Gasteiger partial charge < -0.3 is 25.4 Å². The van der Waals surface area contributed by atoms with Crippen LogP contribution in [0.2, 0.25) is 0 Å². The van der Waals surface area contributed by atoms with Gasteiger partial charge in [-0.15, -0.1) is 0 Å². The van der Waals surface area contributed by atoms with Crippen LogP contribution in [-0.4, -0.2) is 50.5 Å². The minimum absolute atomic E-state index is 0.0137. The van der Waals surface area contributed by atoms with Gasteiger partial charge in [-0.05, 0) is 25.7 Å². The number of carbonyl (C=O) groups excluding carboxylic acids is 1. The Morgan fingerprint density at radius 1 is 1.33 bits per heavy atom. The third kappa shape index (κ3) is 4.75. The molecule has 0 saturated heterocycles. The molecular weight excluding hydrogens is 276 g/mol. The number of aromatic carboxylic acids is 1. The van der Waals surface area contributed by atoms with Gasteiger partial charge in [0.2, 0.25) is 0 Å². The molecule has 116 valence electrons. The van der Waals surface area contributed by atoms with Crippen LogP contribution in [0.4, 0.5) is 4.79 Å². The molecule has 0 unspecified atom stereocenters. The van der Waals surface area contributed by atoms with Crippen LogP contribution < -0.4 is 10.6 Å². The quantitative estimate of drug-likeness (QED) is 0.618. The SMILES string of the molecule is O=C(NCCn1cnc(C(=O)O)c1)NC1CCC(O)CC1. The van der Waals surface area contributed by atoms with E-state index in [2.05, 4.69) is 15.6 Å². The van der Waals surface area contributed by atoms with Crippen molar-refractivity contribution >= 4 is 12.0 Å². The Hall–Kier alpha value is -2.09. The van der Waals surface area contributed by atoms with Crippen molar-refractivity contribution in [2.24, 2.45) is 0 Å². The number of rotatable bonds is 5. The molecule has 0 aliphatic heterocycles. The van der Waals surface area contributed by atoms with Crippen molar-refractivity contribution in [3.63, 3.8) is 0 Å². The zero-order valence-corrected chi connectivity index (χ0v) is 11.7. The van der Waals surface area contributed by atoms with Gasteiger partial charge in [0.1, 0.15) is 0 Å². The minimum Gasteiger partial charge on any atom is -0.476 e. The van der Waals surface area contributed by atoms with Crippen molar-refractivity contribution in [1.82, 2.24) is 20.2 Å². The summed E-state index contributed by atoms with van der Waals surface area (Å²) in [6.07, 6.45) is 5.62. The van der Waals surface area contributed by atoms with E-state index >= 15 is 0 Å². The van der Waals surface area contributed by atoms with Crippen LogP contribution in [0.5, 0.6) is 0 Å². The molecule has 0 aromatic carbocycles. The van der Waals surface area contributed by atoms with Crippen molar-refractivity contribution in [3.05, 3.63) is 18.2 Å². The largest absolute Gasteiger partial charge is 0.476 e. The summed E-state index contributed by atoms with van der Waals surface area (Å²) in [5, 5.41) is 23.7. The smallest absolute Gasteiger partial charge is 0.356 e. The molecular formula is C13H20N4O4. The first-order valence-electron chi connectivity index (χ1n) is 7.02. The number of carboxylic acid groups (broad SMARTS) is 1. The Morgan fingerprint density at radius 2 is 2.05 bits per heavy atom. The number of aliphatic hydroxyl groups excluding tert-OH is 1. The van der Waals surface area contributed by atoms with Gasteiger partial charge in [-0.2, -0.15) is 0 Å². The van der Waals surface area contributed by atoms with E-state index in [0.29, 0.717) is 13.1 Å². The van der Waals surface area contributed by atoms with E-state index in [-0.39, 0.29) is 23.9 Å². The van der Waals surface area contributed by atoms with E-state index in [9.17, 15) is 14.7 Å². The molecule has 0 bridgehead atoms. The van der Waals surface area contributed by atoms with Crippen LogP contribution in [-0.2, 0) is 6.54 Å². The third-order valence-electron chi connectivity index (χ3n) is 3.54. The summed E-state index contributed by atoms with van der Waals surface area (Å²) in [6, 6.07) is -0.129. The predicted octanol–water partition coefficient (Wildman–Crippen LogP) is 0.184. The Bertz CT molecular complexity index is 494. The maximum Gasteiger partial charge on any atom is 0.356 e. The molecule has 1 fully saturated rings. The topological polar surface area (TPSA) is 116 Å². The second-order valence-electron chi connectivity index (χ2n) is 5.21. The second kappa shape index (κ2) is 7.07. The summed E-state index contributed by atoms with van der Waals surface area (Å²) < 4.78 is 1.61. The fourth-order valence-corrected chi connectivity index (χ4v) is 2.35. The van der Waals surface area contributed by atoms with Crippen LogP contribution in [0, 0.1) is 0 Å². The molecule has 0 spiro atoms. The number of nitrogens with one attached hydrogen (secondary N) is 2. The van der Waals surface area contributed by atoms with Crippen molar-refractivity contribution < 1.29 is 19.8 Å². The lowest BCUT2D eigenvalue weighted by Gasteiger charge is -2.26. The molecule has 21 heavy (non-hydrogen) atoms. The van der Waals surface area contributed by atoms with E-state index in [1.807, 2.05) is 0 Å². The molecule has 0 radical (unpaired) electrons. The fourth-order valence-electron chi connectivity index (χ4n) is 2.35. The molecule has 2 amide bonds. The molecule has 0 atom stereocenters. The number of carbonyl (C=O) groups is 2. The highest BCUT2D eigenvalue weighted by molar-refractivity contribution is 5.84. The van der Waals surface area contributed by atoms with Gasteiger partial charge in [0.15, 0.2) is 5.69 Å². The normalized spacial score (nSPS) is 21.8. The summed E-state index contributed by atoms with van der Waals surface area (Å²) in [5.74, 6) is -1.07. The highest BCUT2D eigenvalue weighted by atomic mass is 16.4. The van der Waals surface area contributed by atoms with Crippen molar-refractivity contribution in [3.8, 4) is 0 Å². The lowest BCUT2D eigenvalue weighted by molar-refractivity contribution is 0.0691. The van der Waals surface area contributed by atoms with Gasteiger partial charge >= 0.3 is 12.0 Å². The van der Waals surface area contributed by atoms with Crippen LogP contribution in [0.25, 0.3) is 0 Å². The third-order valence-corrected chi connectivity index (χ3v) is 3.54. The molecule has 1 aliphatic rings. The van der Waals surface area contributed by atoms with Crippen molar-refractivity contribution in [2.45, 2.75) is 44.4 Å². The van der Waals surface area contributed by atoms with E-state index in [0.717, 1.165) is 25.7 Å².